The fourth-order valence-corrected chi connectivity index (χ4v) is 9.40. The van der Waals surface area contributed by atoms with Crippen molar-refractivity contribution in [2.45, 2.75) is 76.9 Å². The lowest BCUT2D eigenvalue weighted by Gasteiger charge is -2.60. The van der Waals surface area contributed by atoms with Gasteiger partial charge in [0.2, 0.25) is 5.12 Å². The molecular weight excluding hydrogens is 517 g/mol. The minimum atomic E-state index is -1.29. The fourth-order valence-electron chi connectivity index (χ4n) is 8.99. The predicted molar refractivity (Wildman–Crippen MR) is 144 cm³/mol. The molecule has 4 saturated carbocycles. The second kappa shape index (κ2) is 8.49. The molecule has 2 aromatic heterocycles. The Balaban J connectivity index is 1.23. The smallest absolute Gasteiger partial charge is 0.309 e. The molecule has 0 unspecified atom stereocenters. The summed E-state index contributed by atoms with van der Waals surface area (Å²) in [6.45, 7) is 4.31. The van der Waals surface area contributed by atoms with Crippen molar-refractivity contribution in [2.75, 3.05) is 0 Å². The number of carbonyl (C=O) groups excluding carboxylic acids is 2. The summed E-state index contributed by atoms with van der Waals surface area (Å²) < 4.78 is 21.3. The molecule has 7 rings (SSSR count). The van der Waals surface area contributed by atoms with Crippen molar-refractivity contribution >= 4 is 29.8 Å². The Morgan fingerprint density at radius 3 is 2.67 bits per heavy atom. The molecule has 7 atom stereocenters. The molecule has 0 aromatic carbocycles. The molecule has 0 bridgehead atoms. The second-order valence-electron chi connectivity index (χ2n) is 13.0. The summed E-state index contributed by atoms with van der Waals surface area (Å²) in [5.74, 6) is 0.151. The van der Waals surface area contributed by atoms with Crippen LogP contribution in [0.2, 0.25) is 0 Å². The minimum absolute atomic E-state index is 0.0148. The van der Waals surface area contributed by atoms with Gasteiger partial charge in [0.05, 0.1) is 30.1 Å². The number of nitrogens with zero attached hydrogens (tertiary/aromatic N) is 3. The largest absolute Gasteiger partial charge is 0.449 e. The summed E-state index contributed by atoms with van der Waals surface area (Å²) in [6.07, 6.45) is 10.4. The first kappa shape index (κ1) is 25.4. The van der Waals surface area contributed by atoms with E-state index in [9.17, 15) is 19.1 Å². The molecule has 4 fully saturated rings. The zero-order chi connectivity index (χ0) is 27.3. The molecule has 1 N–H and O–H groups in total. The van der Waals surface area contributed by atoms with Crippen molar-refractivity contribution in [3.63, 3.8) is 0 Å². The minimum Gasteiger partial charge on any atom is -0.449 e. The van der Waals surface area contributed by atoms with E-state index in [1.807, 2.05) is 13.1 Å². The number of ether oxygens (including phenoxy) is 1. The van der Waals surface area contributed by atoms with E-state index in [1.165, 1.54) is 17.8 Å². The van der Waals surface area contributed by atoms with Crippen LogP contribution in [0.5, 0.6) is 0 Å². The van der Waals surface area contributed by atoms with Gasteiger partial charge in [-0.05, 0) is 98.3 Å². The number of aromatic nitrogens is 3. The van der Waals surface area contributed by atoms with Crippen molar-refractivity contribution in [1.82, 2.24) is 14.8 Å². The number of fused-ring (bicyclic) bond motifs is 6. The number of thiol groups is 1. The number of aliphatic hydroxyl groups is 1. The second-order valence-corrected chi connectivity index (χ2v) is 13.4. The highest BCUT2D eigenvalue weighted by Gasteiger charge is 2.70. The van der Waals surface area contributed by atoms with Crippen LogP contribution in [0.15, 0.2) is 30.1 Å². The number of esters is 1. The Hall–Kier alpha value is -2.52. The Labute approximate surface area is 232 Å². The number of hydrogen-bond donors (Lipinski definition) is 2. The topological polar surface area (TPSA) is 94.3 Å². The molecule has 5 aliphatic carbocycles. The van der Waals surface area contributed by atoms with E-state index in [4.69, 9.17) is 4.74 Å². The third kappa shape index (κ3) is 3.51. The van der Waals surface area contributed by atoms with Gasteiger partial charge in [-0.15, -0.1) is 12.6 Å². The quantitative estimate of drug-likeness (QED) is 0.422. The Morgan fingerprint density at radius 1 is 1.18 bits per heavy atom. The number of aliphatic hydroxyl groups excluding tert-OH is 1. The van der Waals surface area contributed by atoms with Crippen LogP contribution >= 0.6 is 12.6 Å². The van der Waals surface area contributed by atoms with Gasteiger partial charge in [0.15, 0.2) is 11.4 Å². The molecule has 2 heterocycles. The van der Waals surface area contributed by atoms with Crippen LogP contribution in [-0.2, 0) is 20.7 Å². The molecule has 0 radical (unpaired) electrons. The van der Waals surface area contributed by atoms with Gasteiger partial charge in [0.1, 0.15) is 5.82 Å². The summed E-state index contributed by atoms with van der Waals surface area (Å²) in [5, 5.41) is 16.1. The predicted octanol–water partition coefficient (Wildman–Crippen LogP) is 4.71. The van der Waals surface area contributed by atoms with E-state index in [-0.39, 0.29) is 46.0 Å². The molecule has 5 aliphatic rings. The zero-order valence-corrected chi connectivity index (χ0v) is 23.2. The number of hydrogen-bond acceptors (Lipinski definition) is 6. The van der Waals surface area contributed by atoms with Crippen LogP contribution < -0.4 is 0 Å². The number of halogens is 1. The van der Waals surface area contributed by atoms with E-state index in [0.29, 0.717) is 18.7 Å². The molecule has 7 nitrogen and oxygen atoms in total. The average Bonchev–Trinajstić information content (AvgIpc) is 3.60. The Morgan fingerprint density at radius 2 is 1.97 bits per heavy atom. The highest BCUT2D eigenvalue weighted by molar-refractivity contribution is 7.96. The maximum atomic E-state index is 13.5. The van der Waals surface area contributed by atoms with E-state index in [2.05, 4.69) is 35.7 Å². The monoisotopic (exact) mass is 551 g/mol. The third-order valence-electron chi connectivity index (χ3n) is 11.0. The van der Waals surface area contributed by atoms with Crippen LogP contribution in [0.4, 0.5) is 4.39 Å². The number of rotatable bonds is 4. The van der Waals surface area contributed by atoms with Crippen molar-refractivity contribution in [1.29, 1.82) is 0 Å². The van der Waals surface area contributed by atoms with Crippen LogP contribution in [0.25, 0.3) is 11.9 Å². The van der Waals surface area contributed by atoms with Gasteiger partial charge in [-0.1, -0.05) is 19.4 Å². The molecule has 2 aromatic rings. The molecule has 0 spiro atoms. The molecule has 0 aliphatic heterocycles. The first-order valence-electron chi connectivity index (χ1n) is 14.1. The SMILES string of the molecule is C[C@]12Cc3cnn(-c4ccc(F)cn4)c3C=C1CC[C@@H]1[C@@H]2[C@@H](O)C[C@@]2(C)[C@H]1CC[C@]2(OC(=O)C1CC1)C(=O)S. The van der Waals surface area contributed by atoms with Gasteiger partial charge in [0.25, 0.3) is 0 Å². The fraction of sp³-hybridized carbons (Fsp3) is 0.600. The lowest BCUT2D eigenvalue weighted by molar-refractivity contribution is -0.197. The number of pyridine rings is 1. The lowest BCUT2D eigenvalue weighted by atomic mass is 9.45. The summed E-state index contributed by atoms with van der Waals surface area (Å²) in [4.78, 5) is 30.1. The Bertz CT molecular complexity index is 1400. The zero-order valence-electron chi connectivity index (χ0n) is 22.3. The molecular formula is C30H34FN3O4S. The maximum absolute atomic E-state index is 13.5. The van der Waals surface area contributed by atoms with Crippen LogP contribution in [0.3, 0.4) is 0 Å². The van der Waals surface area contributed by atoms with Crippen molar-refractivity contribution in [3.8, 4) is 5.82 Å². The van der Waals surface area contributed by atoms with Crippen LogP contribution in [0, 0.1) is 40.3 Å². The van der Waals surface area contributed by atoms with E-state index in [0.717, 1.165) is 49.8 Å². The first-order valence-corrected chi connectivity index (χ1v) is 14.6. The first-order chi connectivity index (χ1) is 18.6. The normalized spacial score (nSPS) is 38.6. The highest BCUT2D eigenvalue weighted by atomic mass is 32.1. The molecule has 0 saturated heterocycles. The van der Waals surface area contributed by atoms with Gasteiger partial charge in [-0.3, -0.25) is 9.59 Å². The number of allylic oxidation sites excluding steroid dienone is 1. The van der Waals surface area contributed by atoms with Gasteiger partial charge >= 0.3 is 5.97 Å². The van der Waals surface area contributed by atoms with Crippen molar-refractivity contribution in [3.05, 3.63) is 47.2 Å². The average molecular weight is 552 g/mol. The third-order valence-corrected chi connectivity index (χ3v) is 11.4. The van der Waals surface area contributed by atoms with Gasteiger partial charge in [-0.25, -0.2) is 14.1 Å². The van der Waals surface area contributed by atoms with E-state index < -0.39 is 17.1 Å². The molecule has 39 heavy (non-hydrogen) atoms. The van der Waals surface area contributed by atoms with Crippen molar-refractivity contribution < 1.29 is 23.8 Å². The lowest BCUT2D eigenvalue weighted by Crippen LogP contribution is -2.62. The highest BCUT2D eigenvalue weighted by Crippen LogP contribution is 2.68. The van der Waals surface area contributed by atoms with E-state index in [1.54, 1.807) is 10.7 Å². The van der Waals surface area contributed by atoms with Crippen molar-refractivity contribution in [2.24, 2.45) is 34.5 Å². The van der Waals surface area contributed by atoms with Gasteiger partial charge in [-0.2, -0.15) is 5.10 Å². The molecule has 0 amide bonds. The number of carbonyl (C=O) groups is 2. The Kier molecular flexibility index (Phi) is 5.54. The summed E-state index contributed by atoms with van der Waals surface area (Å²) in [6, 6.07) is 3.01. The standard InChI is InChI=1S/C30H34FN3O4S/c1-28-12-17-14-33-34(24-8-6-19(31)15-32-24)22(17)11-18(28)5-7-20-21-9-10-30(27(37)39,38-26(36)16-3-4-16)29(21,2)13-23(35)25(20)28/h6,8,11,14-16,20-21,23,25,35H,3-5,7,9-10,12-13H2,1-2H3,(H,37,39)/t20-,21-,23-,25+,28-,29-,30-/m0/s1. The van der Waals surface area contributed by atoms with Gasteiger partial charge < -0.3 is 9.84 Å². The maximum Gasteiger partial charge on any atom is 0.309 e. The summed E-state index contributed by atoms with van der Waals surface area (Å²) >= 11 is 4.28. The van der Waals surface area contributed by atoms with E-state index >= 15 is 0 Å². The van der Waals surface area contributed by atoms with Gasteiger partial charge in [0, 0.05) is 5.41 Å². The van der Waals surface area contributed by atoms with Crippen LogP contribution in [-0.4, -0.2) is 42.7 Å². The summed E-state index contributed by atoms with van der Waals surface area (Å²) in [7, 11) is 0. The molecule has 9 heteroatoms. The molecule has 206 valence electrons. The summed E-state index contributed by atoms with van der Waals surface area (Å²) in [5.41, 5.74) is 1.13. The van der Waals surface area contributed by atoms with Crippen LogP contribution in [0.1, 0.15) is 70.1 Å².